The van der Waals surface area contributed by atoms with Gasteiger partial charge in [-0.15, -0.1) is 0 Å². The zero-order valence-corrected chi connectivity index (χ0v) is 7.95. The quantitative estimate of drug-likeness (QED) is 0.672. The van der Waals surface area contributed by atoms with E-state index in [4.69, 9.17) is 5.73 Å². The van der Waals surface area contributed by atoms with Crippen molar-refractivity contribution in [1.82, 2.24) is 9.78 Å². The largest absolute Gasteiger partial charge is 0.382 e. The summed E-state index contributed by atoms with van der Waals surface area (Å²) in [6.45, 7) is 0. The van der Waals surface area contributed by atoms with E-state index in [1.807, 2.05) is 16.9 Å². The van der Waals surface area contributed by atoms with Crippen LogP contribution >= 0.6 is 0 Å². The number of rotatable bonds is 1. The lowest BCUT2D eigenvalue weighted by Gasteiger charge is -2.13. The van der Waals surface area contributed by atoms with E-state index in [-0.39, 0.29) is 0 Å². The highest BCUT2D eigenvalue weighted by Gasteiger charge is 2.14. The standard InChI is InChI=1S/C10H17N3/c11-10-7-8-13(12-10)9-5-3-1-2-4-6-9/h7-9H,1-6H2,(H2,11,12). The molecule has 3 nitrogen and oxygen atoms in total. The molecule has 0 aliphatic heterocycles. The molecule has 13 heavy (non-hydrogen) atoms. The molecule has 2 rings (SSSR count). The van der Waals surface area contributed by atoms with Gasteiger partial charge in [-0.25, -0.2) is 0 Å². The van der Waals surface area contributed by atoms with E-state index in [1.165, 1.54) is 38.5 Å². The predicted molar refractivity (Wildman–Crippen MR) is 53.4 cm³/mol. The molecule has 0 bridgehead atoms. The summed E-state index contributed by atoms with van der Waals surface area (Å²) in [6.07, 6.45) is 9.98. The van der Waals surface area contributed by atoms with E-state index in [0.29, 0.717) is 11.9 Å². The second kappa shape index (κ2) is 3.81. The minimum Gasteiger partial charge on any atom is -0.382 e. The van der Waals surface area contributed by atoms with Gasteiger partial charge in [-0.2, -0.15) is 5.10 Å². The van der Waals surface area contributed by atoms with Crippen LogP contribution in [0.2, 0.25) is 0 Å². The first-order chi connectivity index (χ1) is 6.36. The third-order valence-corrected chi connectivity index (χ3v) is 2.83. The van der Waals surface area contributed by atoms with E-state index < -0.39 is 0 Å². The fourth-order valence-electron chi connectivity index (χ4n) is 2.08. The molecule has 1 aliphatic rings. The van der Waals surface area contributed by atoms with Gasteiger partial charge < -0.3 is 5.73 Å². The topological polar surface area (TPSA) is 43.8 Å². The average Bonchev–Trinajstić information content (AvgIpc) is 2.43. The zero-order valence-electron chi connectivity index (χ0n) is 7.95. The van der Waals surface area contributed by atoms with E-state index in [1.54, 1.807) is 0 Å². The lowest BCUT2D eigenvalue weighted by molar-refractivity contribution is 0.406. The van der Waals surface area contributed by atoms with Crippen molar-refractivity contribution < 1.29 is 0 Å². The summed E-state index contributed by atoms with van der Waals surface area (Å²) in [4.78, 5) is 0. The van der Waals surface area contributed by atoms with Crippen molar-refractivity contribution in [3.63, 3.8) is 0 Å². The minimum absolute atomic E-state index is 0.597. The van der Waals surface area contributed by atoms with Crippen molar-refractivity contribution in [3.05, 3.63) is 12.3 Å². The van der Waals surface area contributed by atoms with Gasteiger partial charge in [0.15, 0.2) is 0 Å². The van der Waals surface area contributed by atoms with Crippen LogP contribution in [0.1, 0.15) is 44.6 Å². The predicted octanol–water partition coefficient (Wildman–Crippen LogP) is 2.36. The van der Waals surface area contributed by atoms with Gasteiger partial charge in [-0.3, -0.25) is 4.68 Å². The number of aromatic nitrogens is 2. The van der Waals surface area contributed by atoms with Crippen LogP contribution in [-0.4, -0.2) is 9.78 Å². The van der Waals surface area contributed by atoms with Crippen molar-refractivity contribution in [2.45, 2.75) is 44.6 Å². The van der Waals surface area contributed by atoms with Crippen LogP contribution in [0.5, 0.6) is 0 Å². The van der Waals surface area contributed by atoms with Crippen molar-refractivity contribution >= 4 is 5.82 Å². The number of hydrogen-bond donors (Lipinski definition) is 1. The maximum Gasteiger partial charge on any atom is 0.145 e. The Bertz CT molecular complexity index is 259. The Morgan fingerprint density at radius 1 is 1.23 bits per heavy atom. The third-order valence-electron chi connectivity index (χ3n) is 2.83. The number of nitrogens with zero attached hydrogens (tertiary/aromatic N) is 2. The summed E-state index contributed by atoms with van der Waals surface area (Å²) in [7, 11) is 0. The maximum absolute atomic E-state index is 5.59. The van der Waals surface area contributed by atoms with Crippen LogP contribution in [0.4, 0.5) is 5.82 Å². The summed E-state index contributed by atoms with van der Waals surface area (Å²) >= 11 is 0. The monoisotopic (exact) mass is 179 g/mol. The first kappa shape index (κ1) is 8.60. The lowest BCUT2D eigenvalue weighted by Crippen LogP contribution is -2.08. The Morgan fingerprint density at radius 2 is 1.92 bits per heavy atom. The van der Waals surface area contributed by atoms with Crippen LogP contribution in [0.3, 0.4) is 0 Å². The molecule has 0 unspecified atom stereocenters. The Labute approximate surface area is 78.9 Å². The molecule has 0 amide bonds. The molecule has 0 aromatic carbocycles. The molecule has 2 N–H and O–H groups in total. The number of hydrogen-bond acceptors (Lipinski definition) is 2. The van der Waals surface area contributed by atoms with Gasteiger partial charge in [0.05, 0.1) is 6.04 Å². The first-order valence-electron chi connectivity index (χ1n) is 5.17. The summed E-state index contributed by atoms with van der Waals surface area (Å²) < 4.78 is 2.04. The molecule has 1 heterocycles. The van der Waals surface area contributed by atoms with Gasteiger partial charge in [0.1, 0.15) is 5.82 Å². The van der Waals surface area contributed by atoms with Gasteiger partial charge in [0.25, 0.3) is 0 Å². The molecule has 1 fully saturated rings. The first-order valence-corrected chi connectivity index (χ1v) is 5.17. The summed E-state index contributed by atoms with van der Waals surface area (Å²) in [6, 6.07) is 2.48. The molecular formula is C10H17N3. The second-order valence-corrected chi connectivity index (χ2v) is 3.87. The molecule has 1 aromatic heterocycles. The van der Waals surface area contributed by atoms with Crippen LogP contribution in [0, 0.1) is 0 Å². The fourth-order valence-corrected chi connectivity index (χ4v) is 2.08. The fraction of sp³-hybridized carbons (Fsp3) is 0.700. The van der Waals surface area contributed by atoms with Gasteiger partial charge in [0, 0.05) is 6.20 Å². The molecule has 1 aliphatic carbocycles. The number of anilines is 1. The van der Waals surface area contributed by atoms with Gasteiger partial charge in [-0.05, 0) is 18.9 Å². The minimum atomic E-state index is 0.597. The van der Waals surface area contributed by atoms with E-state index >= 15 is 0 Å². The van der Waals surface area contributed by atoms with Crippen LogP contribution < -0.4 is 5.73 Å². The van der Waals surface area contributed by atoms with Crippen LogP contribution in [0.15, 0.2) is 12.3 Å². The van der Waals surface area contributed by atoms with E-state index in [0.717, 1.165) is 0 Å². The normalized spacial score (nSPS) is 20.0. The molecule has 72 valence electrons. The lowest BCUT2D eigenvalue weighted by atomic mass is 10.1. The third kappa shape index (κ3) is 2.02. The van der Waals surface area contributed by atoms with Crippen molar-refractivity contribution in [2.24, 2.45) is 0 Å². The molecule has 1 aromatic rings. The maximum atomic E-state index is 5.59. The van der Waals surface area contributed by atoms with Crippen molar-refractivity contribution in [1.29, 1.82) is 0 Å². The molecule has 1 saturated carbocycles. The second-order valence-electron chi connectivity index (χ2n) is 3.87. The highest BCUT2D eigenvalue weighted by atomic mass is 15.3. The Kier molecular flexibility index (Phi) is 2.52. The molecule has 0 atom stereocenters. The van der Waals surface area contributed by atoms with Crippen molar-refractivity contribution in [2.75, 3.05) is 5.73 Å². The Hall–Kier alpha value is -0.990. The van der Waals surface area contributed by atoms with Crippen LogP contribution in [0.25, 0.3) is 0 Å². The summed E-state index contributed by atoms with van der Waals surface area (Å²) in [5.41, 5.74) is 5.59. The van der Waals surface area contributed by atoms with E-state index in [2.05, 4.69) is 5.10 Å². The average molecular weight is 179 g/mol. The highest BCUT2D eigenvalue weighted by Crippen LogP contribution is 2.26. The zero-order chi connectivity index (χ0) is 9.10. The smallest absolute Gasteiger partial charge is 0.145 e. The van der Waals surface area contributed by atoms with Crippen molar-refractivity contribution in [3.8, 4) is 0 Å². The summed E-state index contributed by atoms with van der Waals surface area (Å²) in [5, 5.41) is 4.27. The molecule has 0 saturated heterocycles. The number of nitrogen functional groups attached to an aromatic ring is 1. The molecular weight excluding hydrogens is 162 g/mol. The SMILES string of the molecule is Nc1ccn(C2CCCCCC2)n1. The Balaban J connectivity index is 2.06. The summed E-state index contributed by atoms with van der Waals surface area (Å²) in [5.74, 6) is 0.643. The van der Waals surface area contributed by atoms with E-state index in [9.17, 15) is 0 Å². The van der Waals surface area contributed by atoms with Gasteiger partial charge >= 0.3 is 0 Å². The molecule has 0 radical (unpaired) electrons. The molecule has 3 heteroatoms. The molecule has 0 spiro atoms. The van der Waals surface area contributed by atoms with Crippen LogP contribution in [-0.2, 0) is 0 Å². The number of nitrogens with two attached hydrogens (primary N) is 1. The highest BCUT2D eigenvalue weighted by molar-refractivity contribution is 5.23. The Morgan fingerprint density at radius 3 is 2.46 bits per heavy atom. The van der Waals surface area contributed by atoms with Gasteiger partial charge in [-0.1, -0.05) is 25.7 Å². The van der Waals surface area contributed by atoms with Gasteiger partial charge in [0.2, 0.25) is 0 Å².